The van der Waals surface area contributed by atoms with E-state index in [1.54, 1.807) is 0 Å². The predicted molar refractivity (Wildman–Crippen MR) is 100.0 cm³/mol. The lowest BCUT2D eigenvalue weighted by molar-refractivity contribution is 0.265. The number of rotatable bonds is 9. The van der Waals surface area contributed by atoms with Crippen molar-refractivity contribution in [1.82, 2.24) is 5.32 Å². The number of hydrogen-bond donors (Lipinski definition) is 1. The van der Waals surface area contributed by atoms with Crippen molar-refractivity contribution in [3.05, 3.63) is 58.6 Å². The van der Waals surface area contributed by atoms with Gasteiger partial charge >= 0.3 is 0 Å². The molecule has 1 N–H and O–H groups in total. The van der Waals surface area contributed by atoms with Gasteiger partial charge in [-0.25, -0.2) is 0 Å². The molecule has 0 spiro atoms. The molecule has 0 saturated heterocycles. The summed E-state index contributed by atoms with van der Waals surface area (Å²) in [5.74, 6) is 1.60. The summed E-state index contributed by atoms with van der Waals surface area (Å²) in [7, 11) is 0. The highest BCUT2D eigenvalue weighted by molar-refractivity contribution is 6.30. The van der Waals surface area contributed by atoms with E-state index >= 15 is 0 Å². The summed E-state index contributed by atoms with van der Waals surface area (Å²) in [5.41, 5.74) is 2.18. The first-order chi connectivity index (χ1) is 11.6. The van der Waals surface area contributed by atoms with Crippen molar-refractivity contribution in [1.29, 1.82) is 0 Å². The molecule has 24 heavy (non-hydrogen) atoms. The molecule has 0 radical (unpaired) electrons. The Labute approximate surface area is 149 Å². The van der Waals surface area contributed by atoms with E-state index in [9.17, 15) is 0 Å². The lowest BCUT2D eigenvalue weighted by Crippen LogP contribution is -2.24. The van der Waals surface area contributed by atoms with Gasteiger partial charge in [-0.2, -0.15) is 0 Å². The van der Waals surface area contributed by atoms with E-state index < -0.39 is 0 Å². The number of halogens is 1. The van der Waals surface area contributed by atoms with Gasteiger partial charge in [-0.3, -0.25) is 0 Å². The first-order valence-corrected chi connectivity index (χ1v) is 8.87. The van der Waals surface area contributed by atoms with Crippen molar-refractivity contribution >= 4 is 11.6 Å². The van der Waals surface area contributed by atoms with Gasteiger partial charge in [0.1, 0.15) is 6.61 Å². The predicted octanol–water partition coefficient (Wildman–Crippen LogP) is 5.21. The second-order valence-electron chi connectivity index (χ2n) is 5.78. The van der Waals surface area contributed by atoms with Crippen LogP contribution in [0.15, 0.2) is 42.5 Å². The third-order valence-electron chi connectivity index (χ3n) is 3.91. The molecule has 2 aromatic carbocycles. The fourth-order valence-electron chi connectivity index (χ4n) is 2.30. The molecule has 0 unspecified atom stereocenters. The van der Waals surface area contributed by atoms with Crippen molar-refractivity contribution < 1.29 is 9.47 Å². The Bertz CT molecular complexity index is 628. The van der Waals surface area contributed by atoms with Gasteiger partial charge in [0.25, 0.3) is 0 Å². The summed E-state index contributed by atoms with van der Waals surface area (Å²) in [6.45, 7) is 8.18. The fraction of sp³-hybridized carbons (Fsp3) is 0.400. The van der Waals surface area contributed by atoms with Gasteiger partial charge in [0.2, 0.25) is 0 Å². The molecule has 3 nitrogen and oxygen atoms in total. The van der Waals surface area contributed by atoms with Crippen LogP contribution in [0.4, 0.5) is 0 Å². The second-order valence-corrected chi connectivity index (χ2v) is 6.22. The molecular formula is C20H26ClNO2. The van der Waals surface area contributed by atoms with E-state index in [1.807, 2.05) is 43.3 Å². The topological polar surface area (TPSA) is 30.5 Å². The summed E-state index contributed by atoms with van der Waals surface area (Å²) < 4.78 is 11.8. The van der Waals surface area contributed by atoms with Crippen LogP contribution in [0.5, 0.6) is 11.5 Å². The van der Waals surface area contributed by atoms with E-state index in [0.717, 1.165) is 40.6 Å². The van der Waals surface area contributed by atoms with Crippen molar-refractivity contribution in [2.24, 2.45) is 0 Å². The normalized spacial score (nSPS) is 12.0. The summed E-state index contributed by atoms with van der Waals surface area (Å²) in [4.78, 5) is 0. The van der Waals surface area contributed by atoms with Gasteiger partial charge in [-0.15, -0.1) is 0 Å². The molecule has 2 rings (SSSR count). The minimum atomic E-state index is 0.463. The number of ether oxygens (including phenoxy) is 2. The summed E-state index contributed by atoms with van der Waals surface area (Å²) in [5, 5.41) is 4.24. The summed E-state index contributed by atoms with van der Waals surface area (Å²) >= 11 is 5.94. The number of benzene rings is 2. The van der Waals surface area contributed by atoms with E-state index in [-0.39, 0.29) is 0 Å². The maximum absolute atomic E-state index is 6.10. The SMILES string of the molecule is CCOc1cccc(CN[C@H](C)CC)c1OCc1ccc(Cl)cc1. The molecule has 2 aromatic rings. The largest absolute Gasteiger partial charge is 0.490 e. The Balaban J connectivity index is 2.15. The molecular weight excluding hydrogens is 322 g/mol. The summed E-state index contributed by atoms with van der Waals surface area (Å²) in [6.07, 6.45) is 1.09. The maximum atomic E-state index is 6.10. The van der Waals surface area contributed by atoms with Gasteiger partial charge in [0.15, 0.2) is 11.5 Å². The fourth-order valence-corrected chi connectivity index (χ4v) is 2.42. The first kappa shape index (κ1) is 18.6. The Kier molecular flexibility index (Phi) is 7.41. The quantitative estimate of drug-likeness (QED) is 0.675. The van der Waals surface area contributed by atoms with Crippen LogP contribution in [-0.4, -0.2) is 12.6 Å². The zero-order chi connectivity index (χ0) is 17.4. The molecule has 0 saturated carbocycles. The van der Waals surface area contributed by atoms with Gasteiger partial charge < -0.3 is 14.8 Å². The standard InChI is InChI=1S/C20H26ClNO2/c1-4-15(3)22-13-17-7-6-8-19(23-5-2)20(17)24-14-16-9-11-18(21)12-10-16/h6-12,15,22H,4-5,13-14H2,1-3H3/t15-/m1/s1. The van der Waals surface area contributed by atoms with Crippen LogP contribution in [0.3, 0.4) is 0 Å². The first-order valence-electron chi connectivity index (χ1n) is 8.49. The number of para-hydroxylation sites is 1. The minimum Gasteiger partial charge on any atom is -0.490 e. The summed E-state index contributed by atoms with van der Waals surface area (Å²) in [6, 6.07) is 14.2. The number of hydrogen-bond acceptors (Lipinski definition) is 3. The van der Waals surface area contributed by atoms with Gasteiger partial charge in [-0.1, -0.05) is 42.8 Å². The number of nitrogens with one attached hydrogen (secondary N) is 1. The Morgan fingerprint density at radius 2 is 1.79 bits per heavy atom. The van der Waals surface area contributed by atoms with Gasteiger partial charge in [0, 0.05) is 23.2 Å². The van der Waals surface area contributed by atoms with Crippen LogP contribution >= 0.6 is 11.6 Å². The molecule has 4 heteroatoms. The molecule has 0 heterocycles. The Hall–Kier alpha value is -1.71. The minimum absolute atomic E-state index is 0.463. The average molecular weight is 348 g/mol. The smallest absolute Gasteiger partial charge is 0.166 e. The third kappa shape index (κ3) is 5.43. The average Bonchev–Trinajstić information content (AvgIpc) is 2.60. The van der Waals surface area contributed by atoms with Gasteiger partial charge in [0.05, 0.1) is 6.61 Å². The monoisotopic (exact) mass is 347 g/mol. The lowest BCUT2D eigenvalue weighted by Gasteiger charge is -2.18. The zero-order valence-corrected chi connectivity index (χ0v) is 15.4. The highest BCUT2D eigenvalue weighted by atomic mass is 35.5. The van der Waals surface area contributed by atoms with E-state index in [2.05, 4.69) is 25.2 Å². The Morgan fingerprint density at radius 3 is 2.46 bits per heavy atom. The van der Waals surface area contributed by atoms with Crippen molar-refractivity contribution in [3.63, 3.8) is 0 Å². The molecule has 0 aliphatic carbocycles. The molecule has 0 aliphatic rings. The van der Waals surface area contributed by atoms with Crippen LogP contribution in [0.2, 0.25) is 5.02 Å². The molecule has 1 atom stereocenters. The van der Waals surface area contributed by atoms with E-state index in [1.165, 1.54) is 0 Å². The van der Waals surface area contributed by atoms with Gasteiger partial charge in [-0.05, 0) is 44.0 Å². The van der Waals surface area contributed by atoms with Crippen LogP contribution in [-0.2, 0) is 13.2 Å². The maximum Gasteiger partial charge on any atom is 0.166 e. The van der Waals surface area contributed by atoms with Crippen LogP contribution in [0, 0.1) is 0 Å². The zero-order valence-electron chi connectivity index (χ0n) is 14.6. The third-order valence-corrected chi connectivity index (χ3v) is 4.16. The second kappa shape index (κ2) is 9.55. The molecule has 0 aromatic heterocycles. The van der Waals surface area contributed by atoms with E-state index in [4.69, 9.17) is 21.1 Å². The molecule has 0 amide bonds. The lowest BCUT2D eigenvalue weighted by atomic mass is 10.1. The van der Waals surface area contributed by atoms with Crippen LogP contribution in [0.25, 0.3) is 0 Å². The van der Waals surface area contributed by atoms with Crippen molar-refractivity contribution in [2.45, 2.75) is 46.4 Å². The van der Waals surface area contributed by atoms with E-state index in [0.29, 0.717) is 19.3 Å². The van der Waals surface area contributed by atoms with Crippen LogP contribution < -0.4 is 14.8 Å². The van der Waals surface area contributed by atoms with Crippen molar-refractivity contribution in [3.8, 4) is 11.5 Å². The highest BCUT2D eigenvalue weighted by Crippen LogP contribution is 2.32. The molecule has 0 bridgehead atoms. The molecule has 130 valence electrons. The Morgan fingerprint density at radius 1 is 1.04 bits per heavy atom. The molecule has 0 aliphatic heterocycles. The van der Waals surface area contributed by atoms with Crippen LogP contribution in [0.1, 0.15) is 38.3 Å². The van der Waals surface area contributed by atoms with Crippen molar-refractivity contribution in [2.75, 3.05) is 6.61 Å². The molecule has 0 fully saturated rings. The highest BCUT2D eigenvalue weighted by Gasteiger charge is 2.12.